The van der Waals surface area contributed by atoms with E-state index in [0.29, 0.717) is 30.5 Å². The molecule has 2 unspecified atom stereocenters. The zero-order valence-corrected chi connectivity index (χ0v) is 35.6. The van der Waals surface area contributed by atoms with Gasteiger partial charge in [-0.15, -0.1) is 0 Å². The maximum atomic E-state index is 16.2. The maximum absolute atomic E-state index is 16.2. The first-order chi connectivity index (χ1) is 29.9. The first kappa shape index (κ1) is 41.6. The van der Waals surface area contributed by atoms with E-state index < -0.39 is 35.1 Å². The van der Waals surface area contributed by atoms with Gasteiger partial charge in [0.25, 0.3) is 0 Å². The lowest BCUT2D eigenvalue weighted by Crippen LogP contribution is -2.53. The highest BCUT2D eigenvalue weighted by Gasteiger charge is 2.50. The van der Waals surface area contributed by atoms with Gasteiger partial charge in [-0.1, -0.05) is 54.9 Å². The predicted molar refractivity (Wildman–Crippen MR) is 233 cm³/mol. The smallest absolute Gasteiger partial charge is 0.329 e. The summed E-state index contributed by atoms with van der Waals surface area (Å²) in [5, 5.41) is 11.5. The molecule has 9 rings (SSSR count). The fraction of sp³-hybridized carbons (Fsp3) is 0.391. The van der Waals surface area contributed by atoms with Crippen molar-refractivity contribution >= 4 is 51.9 Å². The molecule has 4 aliphatic heterocycles. The monoisotopic (exact) mass is 866 g/mol. The second kappa shape index (κ2) is 16.5. The van der Waals surface area contributed by atoms with Gasteiger partial charge in [0.05, 0.1) is 28.9 Å². The van der Waals surface area contributed by atoms with Crippen LogP contribution < -0.4 is 35.6 Å². The molecule has 0 spiro atoms. The molecule has 5 aromatic rings. The van der Waals surface area contributed by atoms with E-state index in [-0.39, 0.29) is 51.6 Å². The number of methoxy groups -OCH3 is 1. The van der Waals surface area contributed by atoms with E-state index in [1.54, 1.807) is 4.90 Å². The Morgan fingerprint density at radius 1 is 1.00 bits per heavy atom. The average Bonchev–Trinajstić information content (AvgIpc) is 3.76. The van der Waals surface area contributed by atoms with Crippen molar-refractivity contribution in [3.05, 3.63) is 100 Å². The van der Waals surface area contributed by atoms with Crippen LogP contribution in [0.2, 0.25) is 5.02 Å². The van der Waals surface area contributed by atoms with Crippen LogP contribution >= 0.6 is 11.6 Å². The summed E-state index contributed by atoms with van der Waals surface area (Å²) < 4.78 is 45.9. The van der Waals surface area contributed by atoms with Crippen LogP contribution in [0.4, 0.5) is 25.1 Å². The number of nitrogens with one attached hydrogen (secondary N) is 2. The number of para-hydroxylation sites is 1. The van der Waals surface area contributed by atoms with Crippen molar-refractivity contribution in [2.24, 2.45) is 12.8 Å². The van der Waals surface area contributed by atoms with Crippen molar-refractivity contribution in [2.45, 2.75) is 62.6 Å². The lowest BCUT2D eigenvalue weighted by atomic mass is 9.77. The number of hydrogen-bond donors (Lipinski definition) is 3. The number of carbonyl (C=O) groups excluding carboxylic acids is 3. The number of hydrogen-bond acceptors (Lipinski definition) is 9. The van der Waals surface area contributed by atoms with E-state index in [2.05, 4.69) is 26.5 Å². The Kier molecular flexibility index (Phi) is 11.1. The lowest BCUT2D eigenvalue weighted by Gasteiger charge is -2.43. The largest absolute Gasteiger partial charge is 0.494 e. The molecule has 3 fully saturated rings. The first-order valence-corrected chi connectivity index (χ1v) is 21.5. The van der Waals surface area contributed by atoms with Gasteiger partial charge in [-0.3, -0.25) is 24.5 Å². The molecule has 4 N–H and O–H groups in total. The van der Waals surface area contributed by atoms with E-state index in [1.165, 1.54) is 25.3 Å². The van der Waals surface area contributed by atoms with E-state index in [4.69, 9.17) is 31.9 Å². The van der Waals surface area contributed by atoms with Gasteiger partial charge in [-0.05, 0) is 68.6 Å². The van der Waals surface area contributed by atoms with E-state index in [9.17, 15) is 14.4 Å². The third-order valence-electron chi connectivity index (χ3n) is 13.4. The molecule has 3 saturated heterocycles. The predicted octanol–water partition coefficient (Wildman–Crippen LogP) is 6.84. The van der Waals surface area contributed by atoms with Crippen molar-refractivity contribution < 1.29 is 32.6 Å². The molecule has 4 aromatic carbocycles. The van der Waals surface area contributed by atoms with Gasteiger partial charge < -0.3 is 30.3 Å². The quantitative estimate of drug-likeness (QED) is 0.137. The number of ether oxygens (including phenoxy) is 2. The molecule has 0 radical (unpaired) electrons. The molecule has 4 aliphatic rings. The Morgan fingerprint density at radius 3 is 2.44 bits per heavy atom. The fourth-order valence-electron chi connectivity index (χ4n) is 10.1. The molecule has 62 heavy (non-hydrogen) atoms. The van der Waals surface area contributed by atoms with Gasteiger partial charge in [0.2, 0.25) is 11.8 Å². The summed E-state index contributed by atoms with van der Waals surface area (Å²) in [6.45, 7) is 6.23. The minimum absolute atomic E-state index is 0.0171. The average molecular weight is 867 g/mol. The molecule has 1 aromatic heterocycles. The molecule has 5 heterocycles. The summed E-state index contributed by atoms with van der Waals surface area (Å²) in [4.78, 5) is 43.7. The Balaban J connectivity index is 0.893. The van der Waals surface area contributed by atoms with E-state index in [0.717, 1.165) is 74.0 Å². The van der Waals surface area contributed by atoms with Crippen LogP contribution in [0.1, 0.15) is 66.4 Å². The van der Waals surface area contributed by atoms with Crippen molar-refractivity contribution in [3.63, 3.8) is 0 Å². The third kappa shape index (κ3) is 7.09. The Labute approximate surface area is 363 Å². The zero-order chi connectivity index (χ0) is 43.4. The van der Waals surface area contributed by atoms with Crippen molar-refractivity contribution in [3.8, 4) is 22.6 Å². The molecule has 13 nitrogen and oxygen atoms in total. The first-order valence-electron chi connectivity index (χ1n) is 21.1. The third-order valence-corrected chi connectivity index (χ3v) is 13.8. The summed E-state index contributed by atoms with van der Waals surface area (Å²) in [6, 6.07) is 19.9. The van der Waals surface area contributed by atoms with Crippen LogP contribution in [0.15, 0.2) is 66.7 Å². The number of aromatic nitrogens is 2. The number of carbonyl (C=O) groups is 3. The van der Waals surface area contributed by atoms with Crippen LogP contribution in [0.5, 0.6) is 11.5 Å². The number of piperidine rings is 2. The summed E-state index contributed by atoms with van der Waals surface area (Å²) in [5.74, 6) is -2.70. The van der Waals surface area contributed by atoms with Crippen LogP contribution in [0.3, 0.4) is 0 Å². The highest BCUT2D eigenvalue weighted by Crippen LogP contribution is 2.56. The molecule has 0 aliphatic carbocycles. The standard InChI is InChI=1S/C46H49ClF2N8O5/c1-26-37-35(24-32(48)40(47)39(37)38-30(43(50)59)12-13-34(61-3)41(38)49)62-46(26,27-8-5-4-6-9-27)25-51-28-14-19-55(20-15-28)29-16-21-56(22-17-29)33-11-7-10-31-42(33)54(2)53-44(31)57-23-18-36(58)52-45(57)60/h4-13,24,26,28-29,51H,14-23,25H2,1-3H3,(H2,50,59)(H,52,58,60). The number of anilines is 2. The molecule has 4 amide bonds. The number of fused-ring (bicyclic) bond motifs is 2. The van der Waals surface area contributed by atoms with Crippen LogP contribution in [-0.2, 0) is 17.4 Å². The zero-order valence-electron chi connectivity index (χ0n) is 34.8. The van der Waals surface area contributed by atoms with Gasteiger partial charge in [0.15, 0.2) is 23.0 Å². The van der Waals surface area contributed by atoms with Crippen molar-refractivity contribution in [1.29, 1.82) is 0 Å². The number of benzene rings is 4. The van der Waals surface area contributed by atoms with Crippen LogP contribution in [0, 0.1) is 11.6 Å². The Bertz CT molecular complexity index is 2580. The minimum atomic E-state index is -1.03. The number of rotatable bonds is 10. The Hall–Kier alpha value is -5.77. The molecular weight excluding hydrogens is 818 g/mol. The van der Waals surface area contributed by atoms with Crippen LogP contribution in [0.25, 0.3) is 22.0 Å². The maximum Gasteiger partial charge on any atom is 0.329 e. The highest BCUT2D eigenvalue weighted by atomic mass is 35.5. The van der Waals surface area contributed by atoms with E-state index in [1.807, 2.05) is 61.1 Å². The Morgan fingerprint density at radius 2 is 1.74 bits per heavy atom. The normalized spacial score (nSPS) is 21.3. The molecule has 2 atom stereocenters. The fourth-order valence-corrected chi connectivity index (χ4v) is 10.4. The number of primary amides is 1. The van der Waals surface area contributed by atoms with Gasteiger partial charge in [-0.2, -0.15) is 5.10 Å². The SMILES string of the molecule is COc1ccc(C(N)=O)c(-c2c(Cl)c(F)cc3c2C(C)C(CNC2CCN(C4CCN(c5cccc6c(N7CCC(=O)NC7=O)nn(C)c56)CC4)CC2)(c2ccccc2)O3)c1F. The molecule has 324 valence electrons. The van der Waals surface area contributed by atoms with Gasteiger partial charge in [0.1, 0.15) is 11.6 Å². The molecule has 16 heteroatoms. The topological polar surface area (TPSA) is 147 Å². The minimum Gasteiger partial charge on any atom is -0.494 e. The number of aryl methyl sites for hydroxylation is 1. The van der Waals surface area contributed by atoms with Crippen LogP contribution in [-0.4, -0.2) is 91.0 Å². The summed E-state index contributed by atoms with van der Waals surface area (Å²) in [6.07, 6.45) is 4.08. The summed E-state index contributed by atoms with van der Waals surface area (Å²) in [5.41, 5.74) is 7.73. The molecule has 0 bridgehead atoms. The molecular formula is C46H49ClF2N8O5. The number of nitrogens with two attached hydrogens (primary N) is 1. The number of nitrogens with zero attached hydrogens (tertiary/aromatic N) is 5. The number of amides is 4. The van der Waals surface area contributed by atoms with Gasteiger partial charge >= 0.3 is 6.03 Å². The van der Waals surface area contributed by atoms with Gasteiger partial charge in [-0.25, -0.2) is 13.6 Å². The second-order valence-electron chi connectivity index (χ2n) is 16.7. The van der Waals surface area contributed by atoms with Crippen molar-refractivity contribution in [1.82, 2.24) is 25.3 Å². The highest BCUT2D eigenvalue weighted by molar-refractivity contribution is 6.34. The lowest BCUT2D eigenvalue weighted by molar-refractivity contribution is -0.120. The summed E-state index contributed by atoms with van der Waals surface area (Å²) >= 11 is 6.70. The number of halogens is 3. The van der Waals surface area contributed by atoms with Gasteiger partial charge in [0, 0.05) is 85.8 Å². The second-order valence-corrected chi connectivity index (χ2v) is 17.1. The van der Waals surface area contributed by atoms with E-state index >= 15 is 8.78 Å². The number of imide groups is 1. The van der Waals surface area contributed by atoms with Crippen molar-refractivity contribution in [2.75, 3.05) is 56.2 Å². The summed E-state index contributed by atoms with van der Waals surface area (Å²) in [7, 11) is 3.20. The molecule has 0 saturated carbocycles. The number of likely N-dealkylation sites (tertiary alicyclic amines) is 1. The number of urea groups is 1.